The van der Waals surface area contributed by atoms with Gasteiger partial charge in [-0.15, -0.1) is 6.58 Å². The van der Waals surface area contributed by atoms with E-state index in [2.05, 4.69) is 11.5 Å². The van der Waals surface area contributed by atoms with Crippen LogP contribution in [0.5, 0.6) is 0 Å². The highest BCUT2D eigenvalue weighted by atomic mass is 16.6. The fourth-order valence-electron chi connectivity index (χ4n) is 2.66. The number of carbonyl (C=O) groups excluding carboxylic acids is 1. The van der Waals surface area contributed by atoms with Crippen LogP contribution in [0.4, 0.5) is 4.79 Å². The fraction of sp³-hybridized carbons (Fsp3) is 0.824. The number of nitrogens with zero attached hydrogens (tertiary/aromatic N) is 2. The van der Waals surface area contributed by atoms with Crippen LogP contribution in [0, 0.1) is 0 Å². The van der Waals surface area contributed by atoms with E-state index in [1.54, 1.807) is 7.11 Å². The van der Waals surface area contributed by atoms with Gasteiger partial charge in [-0.3, -0.25) is 4.90 Å². The van der Waals surface area contributed by atoms with Gasteiger partial charge in [-0.2, -0.15) is 0 Å². The van der Waals surface area contributed by atoms with Gasteiger partial charge in [-0.25, -0.2) is 4.79 Å². The normalized spacial score (nSPS) is 18.8. The Morgan fingerprint density at radius 3 is 2.73 bits per heavy atom. The number of unbranched alkanes of at least 4 members (excludes halogenated alkanes) is 1. The van der Waals surface area contributed by atoms with Crippen molar-refractivity contribution in [2.45, 2.75) is 51.7 Å². The Morgan fingerprint density at radius 2 is 2.14 bits per heavy atom. The van der Waals surface area contributed by atoms with E-state index in [0.717, 1.165) is 52.0 Å². The summed E-state index contributed by atoms with van der Waals surface area (Å²) >= 11 is 0. The average molecular weight is 312 g/mol. The van der Waals surface area contributed by atoms with Gasteiger partial charge in [-0.05, 0) is 46.6 Å². The molecule has 0 spiro atoms. The Balaban J connectivity index is 2.51. The molecule has 1 rings (SSSR count). The highest BCUT2D eigenvalue weighted by molar-refractivity contribution is 5.68. The van der Waals surface area contributed by atoms with E-state index in [0.29, 0.717) is 6.04 Å². The maximum absolute atomic E-state index is 12.2. The van der Waals surface area contributed by atoms with Crippen molar-refractivity contribution in [3.63, 3.8) is 0 Å². The summed E-state index contributed by atoms with van der Waals surface area (Å²) in [5.74, 6) is 0. The van der Waals surface area contributed by atoms with Gasteiger partial charge < -0.3 is 14.4 Å². The molecule has 0 aromatic rings. The molecule has 1 atom stereocenters. The van der Waals surface area contributed by atoms with Crippen molar-refractivity contribution in [2.75, 3.05) is 39.9 Å². The van der Waals surface area contributed by atoms with Gasteiger partial charge >= 0.3 is 6.09 Å². The third kappa shape index (κ3) is 6.79. The molecule has 1 heterocycles. The van der Waals surface area contributed by atoms with Gasteiger partial charge in [0.25, 0.3) is 0 Å². The first-order chi connectivity index (χ1) is 10.4. The quantitative estimate of drug-likeness (QED) is 0.510. The maximum Gasteiger partial charge on any atom is 0.410 e. The largest absolute Gasteiger partial charge is 0.444 e. The fourth-order valence-corrected chi connectivity index (χ4v) is 2.66. The Bertz CT molecular complexity index is 352. The Kier molecular flexibility index (Phi) is 7.90. The molecule has 0 aromatic carbocycles. The van der Waals surface area contributed by atoms with Crippen LogP contribution in [0.25, 0.3) is 0 Å². The molecule has 1 saturated heterocycles. The minimum absolute atomic E-state index is 0.201. The van der Waals surface area contributed by atoms with Crippen molar-refractivity contribution in [1.29, 1.82) is 0 Å². The Morgan fingerprint density at radius 1 is 1.41 bits per heavy atom. The summed E-state index contributed by atoms with van der Waals surface area (Å²) in [4.78, 5) is 16.4. The summed E-state index contributed by atoms with van der Waals surface area (Å²) in [7, 11) is 1.73. The number of rotatable bonds is 8. The molecule has 0 saturated carbocycles. The highest BCUT2D eigenvalue weighted by Gasteiger charge is 2.32. The van der Waals surface area contributed by atoms with Gasteiger partial charge in [0.15, 0.2) is 0 Å². The van der Waals surface area contributed by atoms with Gasteiger partial charge in [0.1, 0.15) is 5.60 Å². The van der Waals surface area contributed by atoms with E-state index in [1.165, 1.54) is 0 Å². The molecule has 0 unspecified atom stereocenters. The molecule has 0 aliphatic carbocycles. The molecule has 5 nitrogen and oxygen atoms in total. The number of likely N-dealkylation sites (tertiary alicyclic amines) is 1. The molecule has 1 amide bonds. The lowest BCUT2D eigenvalue weighted by atomic mass is 10.2. The second kappa shape index (κ2) is 9.16. The summed E-state index contributed by atoms with van der Waals surface area (Å²) in [5.41, 5.74) is -0.436. The van der Waals surface area contributed by atoms with Crippen molar-refractivity contribution in [3.05, 3.63) is 12.7 Å². The second-order valence-corrected chi connectivity index (χ2v) is 6.83. The number of allylic oxidation sites excluding steroid dienone is 1. The van der Waals surface area contributed by atoms with E-state index >= 15 is 0 Å². The second-order valence-electron chi connectivity index (χ2n) is 6.83. The van der Waals surface area contributed by atoms with Crippen molar-refractivity contribution in [1.82, 2.24) is 9.80 Å². The zero-order valence-corrected chi connectivity index (χ0v) is 14.6. The molecular formula is C17H32N2O3. The minimum Gasteiger partial charge on any atom is -0.444 e. The molecule has 5 heteroatoms. The molecule has 22 heavy (non-hydrogen) atoms. The van der Waals surface area contributed by atoms with E-state index in [-0.39, 0.29) is 6.09 Å². The smallest absolute Gasteiger partial charge is 0.410 e. The first kappa shape index (κ1) is 19.0. The van der Waals surface area contributed by atoms with Crippen LogP contribution in [0.1, 0.15) is 40.0 Å². The first-order valence-corrected chi connectivity index (χ1v) is 8.19. The lowest BCUT2D eigenvalue weighted by molar-refractivity contribution is 0.0276. The topological polar surface area (TPSA) is 42.0 Å². The van der Waals surface area contributed by atoms with Gasteiger partial charge in [0.2, 0.25) is 0 Å². The summed E-state index contributed by atoms with van der Waals surface area (Å²) in [5, 5.41) is 0. The molecule has 0 bridgehead atoms. The van der Waals surface area contributed by atoms with Crippen LogP contribution in [0.3, 0.4) is 0 Å². The Hall–Kier alpha value is -1.07. The predicted octanol–water partition coefficient (Wildman–Crippen LogP) is 2.91. The monoisotopic (exact) mass is 312 g/mol. The van der Waals surface area contributed by atoms with Crippen LogP contribution in [0.2, 0.25) is 0 Å². The Labute approximate surface area is 135 Å². The lowest BCUT2D eigenvalue weighted by Crippen LogP contribution is -2.42. The van der Waals surface area contributed by atoms with Crippen molar-refractivity contribution in [2.24, 2.45) is 0 Å². The number of ether oxygens (including phenoxy) is 2. The average Bonchev–Trinajstić information content (AvgIpc) is 2.90. The summed E-state index contributed by atoms with van der Waals surface area (Å²) < 4.78 is 10.7. The molecule has 128 valence electrons. The summed E-state index contributed by atoms with van der Waals surface area (Å²) in [6, 6.07) is 0.396. The van der Waals surface area contributed by atoms with Gasteiger partial charge in [0.05, 0.1) is 6.61 Å². The van der Waals surface area contributed by atoms with E-state index < -0.39 is 5.60 Å². The van der Waals surface area contributed by atoms with Crippen molar-refractivity contribution < 1.29 is 14.3 Å². The molecule has 0 radical (unpaired) electrons. The van der Waals surface area contributed by atoms with Crippen LogP contribution >= 0.6 is 0 Å². The van der Waals surface area contributed by atoms with Gasteiger partial charge in [0, 0.05) is 32.8 Å². The standard InChI is InChI=1S/C17H32N2O3/c1-6-7-8-10-18(12-13-21-5)15-9-11-19(14-15)16(20)22-17(2,3)4/h6,15H,1,7-14H2,2-5H3/t15-/m1/s1. The molecule has 1 aliphatic rings. The maximum atomic E-state index is 12.2. The SMILES string of the molecule is C=CCCCN(CCOC)[C@@H]1CCN(C(=O)OC(C)(C)C)C1. The van der Waals surface area contributed by atoms with Crippen molar-refractivity contribution in [3.8, 4) is 0 Å². The van der Waals surface area contributed by atoms with E-state index in [4.69, 9.17) is 9.47 Å². The number of amides is 1. The van der Waals surface area contributed by atoms with Crippen LogP contribution in [0.15, 0.2) is 12.7 Å². The van der Waals surface area contributed by atoms with E-state index in [1.807, 2.05) is 31.7 Å². The molecular weight excluding hydrogens is 280 g/mol. The van der Waals surface area contributed by atoms with Crippen molar-refractivity contribution >= 4 is 6.09 Å². The molecule has 0 aromatic heterocycles. The number of methoxy groups -OCH3 is 1. The molecule has 1 fully saturated rings. The number of hydrogen-bond acceptors (Lipinski definition) is 4. The van der Waals surface area contributed by atoms with Crippen LogP contribution < -0.4 is 0 Å². The minimum atomic E-state index is -0.436. The summed E-state index contributed by atoms with van der Waals surface area (Å²) in [6.45, 7) is 13.6. The third-order valence-corrected chi connectivity index (χ3v) is 3.77. The van der Waals surface area contributed by atoms with E-state index in [9.17, 15) is 4.79 Å². The van der Waals surface area contributed by atoms with Gasteiger partial charge in [-0.1, -0.05) is 6.08 Å². The molecule has 0 N–H and O–H groups in total. The predicted molar refractivity (Wildman–Crippen MR) is 89.1 cm³/mol. The zero-order chi connectivity index (χ0) is 16.6. The van der Waals surface area contributed by atoms with Crippen LogP contribution in [-0.4, -0.2) is 67.4 Å². The number of hydrogen-bond donors (Lipinski definition) is 0. The lowest BCUT2D eigenvalue weighted by Gasteiger charge is -2.29. The molecule has 1 aliphatic heterocycles. The highest BCUT2D eigenvalue weighted by Crippen LogP contribution is 2.19. The zero-order valence-electron chi connectivity index (χ0n) is 14.6. The third-order valence-electron chi connectivity index (χ3n) is 3.77. The first-order valence-electron chi connectivity index (χ1n) is 8.19. The van der Waals surface area contributed by atoms with Crippen LogP contribution in [-0.2, 0) is 9.47 Å². The number of carbonyl (C=O) groups is 1. The summed E-state index contributed by atoms with van der Waals surface area (Å²) in [6.07, 6.45) is 4.86.